The third-order valence-electron chi connectivity index (χ3n) is 6.29. The Morgan fingerprint density at radius 3 is 2.06 bits per heavy atom. The van der Waals surface area contributed by atoms with E-state index in [1.54, 1.807) is 28.4 Å². The first kappa shape index (κ1) is 23.2. The molecule has 0 N–H and O–H groups in total. The van der Waals surface area contributed by atoms with Crippen LogP contribution in [-0.4, -0.2) is 28.4 Å². The highest BCUT2D eigenvalue weighted by Gasteiger charge is 2.21. The van der Waals surface area contributed by atoms with Gasteiger partial charge in [0, 0.05) is 5.56 Å². The molecule has 0 amide bonds. The number of aryl methyl sites for hydroxylation is 1. The molecule has 4 rings (SSSR count). The number of hydrogen-bond donors (Lipinski definition) is 0. The molecule has 0 saturated heterocycles. The highest BCUT2D eigenvalue weighted by atomic mass is 16.5. The number of rotatable bonds is 8. The lowest BCUT2D eigenvalue weighted by molar-refractivity contribution is 0.354. The van der Waals surface area contributed by atoms with Crippen molar-refractivity contribution in [1.29, 1.82) is 0 Å². The zero-order valence-corrected chi connectivity index (χ0v) is 20.4. The lowest BCUT2D eigenvalue weighted by Crippen LogP contribution is -2.02. The van der Waals surface area contributed by atoms with Crippen molar-refractivity contribution >= 4 is 16.8 Å². The van der Waals surface area contributed by atoms with E-state index < -0.39 is 0 Å². The van der Waals surface area contributed by atoms with Crippen LogP contribution in [0, 0.1) is 6.92 Å². The van der Waals surface area contributed by atoms with Gasteiger partial charge < -0.3 is 18.9 Å². The Morgan fingerprint density at radius 1 is 0.765 bits per heavy atom. The molecule has 0 heterocycles. The molecule has 4 aromatic carbocycles. The predicted molar refractivity (Wildman–Crippen MR) is 140 cm³/mol. The van der Waals surface area contributed by atoms with Gasteiger partial charge in [0.15, 0.2) is 23.0 Å². The van der Waals surface area contributed by atoms with Gasteiger partial charge in [-0.15, -0.1) is 0 Å². The largest absolute Gasteiger partial charge is 0.493 e. The normalized spacial score (nSPS) is 10.7. The van der Waals surface area contributed by atoms with Gasteiger partial charge in [0.2, 0.25) is 0 Å². The van der Waals surface area contributed by atoms with E-state index in [9.17, 15) is 0 Å². The maximum atomic E-state index is 5.79. The zero-order valence-electron chi connectivity index (χ0n) is 20.4. The molecule has 0 unspecified atom stereocenters. The van der Waals surface area contributed by atoms with Crippen molar-refractivity contribution in [1.82, 2.24) is 0 Å². The maximum Gasteiger partial charge on any atom is 0.168 e. The molecule has 0 aromatic heterocycles. The summed E-state index contributed by atoms with van der Waals surface area (Å²) in [5.41, 5.74) is 6.61. The molecule has 4 heteroatoms. The molecule has 0 atom stereocenters. The van der Waals surface area contributed by atoms with E-state index in [0.29, 0.717) is 23.0 Å². The van der Waals surface area contributed by atoms with Crippen LogP contribution in [0.25, 0.3) is 28.0 Å². The Kier molecular flexibility index (Phi) is 6.78. The molecule has 4 aromatic rings. The summed E-state index contributed by atoms with van der Waals surface area (Å²) in [7, 11) is 6.64. The van der Waals surface area contributed by atoms with E-state index in [4.69, 9.17) is 18.9 Å². The third-order valence-corrected chi connectivity index (χ3v) is 6.29. The third kappa shape index (κ3) is 4.08. The fourth-order valence-electron chi connectivity index (χ4n) is 4.62. The number of methoxy groups -OCH3 is 4. The van der Waals surface area contributed by atoms with Crippen molar-refractivity contribution in [3.05, 3.63) is 89.5 Å². The average Bonchev–Trinajstić information content (AvgIpc) is 2.88. The van der Waals surface area contributed by atoms with Gasteiger partial charge >= 0.3 is 0 Å². The molecule has 0 aliphatic rings. The maximum absolute atomic E-state index is 5.79. The summed E-state index contributed by atoms with van der Waals surface area (Å²) in [4.78, 5) is 0. The van der Waals surface area contributed by atoms with Crippen molar-refractivity contribution < 1.29 is 18.9 Å². The monoisotopic (exact) mass is 454 g/mol. The molecule has 0 fully saturated rings. The summed E-state index contributed by atoms with van der Waals surface area (Å²) < 4.78 is 22.6. The molecule has 4 nitrogen and oxygen atoms in total. The number of benzene rings is 4. The zero-order chi connectivity index (χ0) is 24.2. The molecule has 0 aliphatic heterocycles. The van der Waals surface area contributed by atoms with Crippen molar-refractivity contribution in [2.24, 2.45) is 0 Å². The van der Waals surface area contributed by atoms with Gasteiger partial charge in [0.05, 0.1) is 28.4 Å². The summed E-state index contributed by atoms with van der Waals surface area (Å²) in [6.45, 7) is 6.26. The van der Waals surface area contributed by atoms with Crippen molar-refractivity contribution in [3.8, 4) is 34.1 Å². The van der Waals surface area contributed by atoms with Crippen LogP contribution in [-0.2, 0) is 6.42 Å². The van der Waals surface area contributed by atoms with Crippen molar-refractivity contribution in [2.75, 3.05) is 28.4 Å². The Morgan fingerprint density at radius 2 is 1.44 bits per heavy atom. The van der Waals surface area contributed by atoms with E-state index in [2.05, 4.69) is 56.0 Å². The first-order chi connectivity index (χ1) is 16.6. The second-order valence-corrected chi connectivity index (χ2v) is 8.09. The molecule has 34 heavy (non-hydrogen) atoms. The predicted octanol–water partition coefficient (Wildman–Crippen LogP) is 7.08. The van der Waals surface area contributed by atoms with Crippen LogP contribution < -0.4 is 18.9 Å². The van der Waals surface area contributed by atoms with E-state index in [0.717, 1.165) is 45.0 Å². The second-order valence-electron chi connectivity index (χ2n) is 8.09. The van der Waals surface area contributed by atoms with E-state index >= 15 is 0 Å². The van der Waals surface area contributed by atoms with Crippen LogP contribution in [0.5, 0.6) is 23.0 Å². The van der Waals surface area contributed by atoms with Gasteiger partial charge in [-0.05, 0) is 70.1 Å². The number of hydrogen-bond acceptors (Lipinski definition) is 4. The topological polar surface area (TPSA) is 36.9 Å². The fraction of sp³-hybridized carbons (Fsp3) is 0.200. The standard InChI is InChI=1S/C30H30O4/c1-7-23-29(22(15-20-11-9-8-10-12-20)17-28(33-5)30(23)34-6)24-14-13-21-16-26(31-3)27(32-4)18-25(21)19(24)2/h7-14,16-18H,1,15H2,2-6H3. The molecule has 0 spiro atoms. The molecule has 0 saturated carbocycles. The number of ether oxygens (including phenoxy) is 4. The lowest BCUT2D eigenvalue weighted by atomic mass is 9.86. The molecule has 0 aliphatic carbocycles. The second kappa shape index (κ2) is 9.92. The highest BCUT2D eigenvalue weighted by molar-refractivity contribution is 5.96. The van der Waals surface area contributed by atoms with Crippen molar-refractivity contribution in [3.63, 3.8) is 0 Å². The lowest BCUT2D eigenvalue weighted by Gasteiger charge is -2.22. The van der Waals surface area contributed by atoms with Gasteiger partial charge in [-0.3, -0.25) is 0 Å². The van der Waals surface area contributed by atoms with Crippen molar-refractivity contribution in [2.45, 2.75) is 13.3 Å². The average molecular weight is 455 g/mol. The van der Waals surface area contributed by atoms with Gasteiger partial charge in [-0.2, -0.15) is 0 Å². The molecule has 0 radical (unpaired) electrons. The molecule has 0 bridgehead atoms. The van der Waals surface area contributed by atoms with Gasteiger partial charge in [0.25, 0.3) is 0 Å². The van der Waals surface area contributed by atoms with Gasteiger partial charge in [0.1, 0.15) is 0 Å². The Labute approximate surface area is 201 Å². The number of fused-ring (bicyclic) bond motifs is 1. The van der Waals surface area contributed by atoms with Gasteiger partial charge in [-0.1, -0.05) is 55.1 Å². The summed E-state index contributed by atoms with van der Waals surface area (Å²) in [5.74, 6) is 2.79. The fourth-order valence-corrected chi connectivity index (χ4v) is 4.62. The van der Waals surface area contributed by atoms with E-state index in [1.807, 2.05) is 24.3 Å². The Bertz CT molecular complexity index is 1340. The van der Waals surface area contributed by atoms with Crippen LogP contribution >= 0.6 is 0 Å². The van der Waals surface area contributed by atoms with Crippen LogP contribution in [0.4, 0.5) is 0 Å². The molecular formula is C30H30O4. The van der Waals surface area contributed by atoms with Crippen LogP contribution in [0.2, 0.25) is 0 Å². The van der Waals surface area contributed by atoms with Crippen LogP contribution in [0.15, 0.2) is 67.2 Å². The first-order valence-corrected chi connectivity index (χ1v) is 11.2. The van der Waals surface area contributed by atoms with Gasteiger partial charge in [-0.25, -0.2) is 0 Å². The smallest absolute Gasteiger partial charge is 0.168 e. The summed E-state index contributed by atoms with van der Waals surface area (Å²) >= 11 is 0. The highest BCUT2D eigenvalue weighted by Crippen LogP contribution is 2.45. The Hall–Kier alpha value is -3.92. The minimum atomic E-state index is 0.677. The summed E-state index contributed by atoms with van der Waals surface area (Å²) in [6.07, 6.45) is 2.60. The summed E-state index contributed by atoms with van der Waals surface area (Å²) in [6, 6.07) is 20.8. The van der Waals surface area contributed by atoms with E-state index in [1.165, 1.54) is 5.56 Å². The van der Waals surface area contributed by atoms with E-state index in [-0.39, 0.29) is 0 Å². The summed E-state index contributed by atoms with van der Waals surface area (Å²) in [5, 5.41) is 2.19. The minimum Gasteiger partial charge on any atom is -0.493 e. The first-order valence-electron chi connectivity index (χ1n) is 11.2. The quantitative estimate of drug-likeness (QED) is 0.285. The SMILES string of the molecule is C=Cc1c(OC)c(OC)cc(Cc2ccccc2)c1-c1ccc2cc(OC)c(OC)cc2c1C. The minimum absolute atomic E-state index is 0.677. The van der Waals surface area contributed by atoms with Crippen LogP contribution in [0.3, 0.4) is 0 Å². The van der Waals surface area contributed by atoms with Crippen LogP contribution in [0.1, 0.15) is 22.3 Å². The molecular weight excluding hydrogens is 424 g/mol. The Balaban J connectivity index is 2.03. The molecule has 174 valence electrons.